The van der Waals surface area contributed by atoms with Crippen molar-refractivity contribution in [3.8, 4) is 6.07 Å². The molecule has 0 unspecified atom stereocenters. The first kappa shape index (κ1) is 10.9. The first-order chi connectivity index (χ1) is 8.74. The van der Waals surface area contributed by atoms with E-state index in [0.29, 0.717) is 17.8 Å². The predicted octanol–water partition coefficient (Wildman–Crippen LogP) is 3.77. The van der Waals surface area contributed by atoms with Gasteiger partial charge in [-0.15, -0.1) is 23.2 Å². The second-order valence-corrected chi connectivity index (χ2v) is 6.41. The summed E-state index contributed by atoms with van der Waals surface area (Å²) in [6, 6.07) is 8.33. The number of rotatable bonds is 0. The van der Waals surface area contributed by atoms with Gasteiger partial charge in [-0.05, 0) is 29.0 Å². The summed E-state index contributed by atoms with van der Waals surface area (Å²) >= 11 is 12.8. The Morgan fingerprint density at radius 1 is 1.00 bits per heavy atom. The van der Waals surface area contributed by atoms with Crippen molar-refractivity contribution in [2.24, 2.45) is 11.8 Å². The Hall–Kier alpha value is -0.970. The van der Waals surface area contributed by atoms with Gasteiger partial charge in [0.1, 0.15) is 0 Å². The zero-order valence-corrected chi connectivity index (χ0v) is 11.1. The van der Waals surface area contributed by atoms with Crippen LogP contribution in [-0.4, -0.2) is 10.8 Å². The van der Waals surface area contributed by atoms with Gasteiger partial charge in [0.05, 0.1) is 22.4 Å². The van der Waals surface area contributed by atoms with Gasteiger partial charge in [-0.1, -0.05) is 24.3 Å². The standard InChI is InChI=1S/C15H11Cl2N/c16-14-12-9-4-5-10(13(12)15(14)17)11-7(6-18)2-1-3-8(9)11/h1-5,9-10,12-15H/t9-,10-,12+,13-,14+,15+/m1/s1. The minimum absolute atomic E-state index is 0.0361. The Morgan fingerprint density at radius 3 is 2.39 bits per heavy atom. The molecule has 1 aromatic carbocycles. The third-order valence-electron chi connectivity index (χ3n) is 4.79. The first-order valence-electron chi connectivity index (χ1n) is 6.23. The highest BCUT2D eigenvalue weighted by Gasteiger charge is 2.59. The lowest BCUT2D eigenvalue weighted by atomic mass is 9.50. The lowest BCUT2D eigenvalue weighted by Crippen LogP contribution is -2.57. The van der Waals surface area contributed by atoms with Crippen molar-refractivity contribution in [2.75, 3.05) is 0 Å². The summed E-state index contributed by atoms with van der Waals surface area (Å²) in [7, 11) is 0. The number of alkyl halides is 2. The molecule has 0 aliphatic heterocycles. The molecular weight excluding hydrogens is 265 g/mol. The fourth-order valence-corrected chi connectivity index (χ4v) is 5.00. The summed E-state index contributed by atoms with van der Waals surface area (Å²) in [5, 5.41) is 9.38. The third kappa shape index (κ3) is 1.09. The van der Waals surface area contributed by atoms with Crippen LogP contribution in [0.3, 0.4) is 0 Å². The average molecular weight is 276 g/mol. The van der Waals surface area contributed by atoms with Crippen molar-refractivity contribution < 1.29 is 0 Å². The Balaban J connectivity index is 1.94. The maximum absolute atomic E-state index is 9.28. The molecule has 3 heteroatoms. The van der Waals surface area contributed by atoms with E-state index >= 15 is 0 Å². The normalized spacial score (nSPS) is 42.7. The first-order valence-corrected chi connectivity index (χ1v) is 7.10. The summed E-state index contributed by atoms with van der Waals surface area (Å²) in [6.07, 6.45) is 4.49. The second kappa shape index (κ2) is 3.53. The smallest absolute Gasteiger partial charge is 0.0994 e. The minimum atomic E-state index is 0.0361. The maximum Gasteiger partial charge on any atom is 0.0994 e. The van der Waals surface area contributed by atoms with Crippen LogP contribution < -0.4 is 0 Å². The zero-order chi connectivity index (χ0) is 12.4. The van der Waals surface area contributed by atoms with Crippen molar-refractivity contribution in [1.29, 1.82) is 5.26 Å². The number of nitriles is 1. The largest absolute Gasteiger partial charge is 0.192 e. The zero-order valence-electron chi connectivity index (χ0n) is 9.55. The van der Waals surface area contributed by atoms with Gasteiger partial charge in [0, 0.05) is 11.8 Å². The van der Waals surface area contributed by atoms with Gasteiger partial charge in [0.15, 0.2) is 0 Å². The van der Waals surface area contributed by atoms with E-state index < -0.39 is 0 Å². The van der Waals surface area contributed by atoms with Crippen LogP contribution in [-0.2, 0) is 0 Å². The van der Waals surface area contributed by atoms with Crippen molar-refractivity contribution in [1.82, 2.24) is 0 Å². The fourth-order valence-electron chi connectivity index (χ4n) is 4.02. The van der Waals surface area contributed by atoms with E-state index in [2.05, 4.69) is 24.3 Å². The van der Waals surface area contributed by atoms with Crippen LogP contribution >= 0.6 is 23.2 Å². The van der Waals surface area contributed by atoms with E-state index in [1.165, 1.54) is 11.1 Å². The van der Waals surface area contributed by atoms with E-state index in [1.807, 2.05) is 12.1 Å². The molecule has 90 valence electrons. The number of halogens is 2. The fraction of sp³-hybridized carbons (Fsp3) is 0.400. The van der Waals surface area contributed by atoms with Gasteiger partial charge in [-0.2, -0.15) is 5.26 Å². The molecule has 6 atom stereocenters. The highest BCUT2D eigenvalue weighted by atomic mass is 35.5. The molecule has 0 heterocycles. The quantitative estimate of drug-likeness (QED) is 0.522. The molecule has 4 aliphatic carbocycles. The van der Waals surface area contributed by atoms with Gasteiger partial charge >= 0.3 is 0 Å². The second-order valence-electron chi connectivity index (χ2n) is 5.40. The molecule has 1 nitrogen and oxygen atoms in total. The molecule has 0 aromatic heterocycles. The van der Waals surface area contributed by atoms with Gasteiger partial charge in [0.2, 0.25) is 0 Å². The van der Waals surface area contributed by atoms with E-state index in [0.717, 1.165) is 5.56 Å². The molecule has 0 saturated heterocycles. The molecular formula is C15H11Cl2N. The SMILES string of the molecule is N#Cc1cccc2c1[C@H]1C=C[C@H]2[C@@H]2[C@H](Cl)[C@@H](Cl)[C@@H]21. The molecule has 0 amide bonds. The van der Waals surface area contributed by atoms with E-state index in [1.54, 1.807) is 0 Å². The van der Waals surface area contributed by atoms with Crippen LogP contribution in [0.1, 0.15) is 28.5 Å². The van der Waals surface area contributed by atoms with E-state index in [9.17, 15) is 5.26 Å². The Bertz CT molecular complexity index is 601. The van der Waals surface area contributed by atoms with Gasteiger partial charge < -0.3 is 0 Å². The van der Waals surface area contributed by atoms with Crippen LogP contribution in [0.5, 0.6) is 0 Å². The Kier molecular flexibility index (Phi) is 2.14. The number of benzene rings is 1. The van der Waals surface area contributed by atoms with Gasteiger partial charge in [0.25, 0.3) is 0 Å². The number of allylic oxidation sites excluding steroid dienone is 2. The van der Waals surface area contributed by atoms with Crippen molar-refractivity contribution in [2.45, 2.75) is 22.6 Å². The topological polar surface area (TPSA) is 23.8 Å². The molecule has 2 bridgehead atoms. The number of hydrogen-bond acceptors (Lipinski definition) is 1. The van der Waals surface area contributed by atoms with Crippen LogP contribution in [0.2, 0.25) is 0 Å². The maximum atomic E-state index is 9.28. The summed E-state index contributed by atoms with van der Waals surface area (Å²) in [4.78, 5) is 0. The van der Waals surface area contributed by atoms with Crippen LogP contribution in [0, 0.1) is 23.2 Å². The lowest BCUT2D eigenvalue weighted by Gasteiger charge is -2.58. The van der Waals surface area contributed by atoms with Crippen molar-refractivity contribution in [3.63, 3.8) is 0 Å². The number of hydrogen-bond donors (Lipinski definition) is 0. The van der Waals surface area contributed by atoms with E-state index in [4.69, 9.17) is 23.2 Å². The molecule has 1 fully saturated rings. The van der Waals surface area contributed by atoms with Crippen LogP contribution in [0.4, 0.5) is 0 Å². The molecule has 1 aromatic rings. The molecule has 1 saturated carbocycles. The summed E-state index contributed by atoms with van der Waals surface area (Å²) < 4.78 is 0. The average Bonchev–Trinajstić information content (AvgIpc) is 2.45. The van der Waals surface area contributed by atoms with Gasteiger partial charge in [-0.25, -0.2) is 0 Å². The predicted molar refractivity (Wildman–Crippen MR) is 72.0 cm³/mol. The minimum Gasteiger partial charge on any atom is -0.192 e. The van der Waals surface area contributed by atoms with Crippen LogP contribution in [0.25, 0.3) is 0 Å². The monoisotopic (exact) mass is 275 g/mol. The number of nitrogens with zero attached hydrogens (tertiary/aromatic N) is 1. The summed E-state index contributed by atoms with van der Waals surface area (Å²) in [5.74, 6) is 1.49. The Morgan fingerprint density at radius 2 is 1.67 bits per heavy atom. The molecule has 4 aliphatic rings. The van der Waals surface area contributed by atoms with Gasteiger partial charge in [-0.3, -0.25) is 0 Å². The molecule has 0 N–H and O–H groups in total. The summed E-state index contributed by atoms with van der Waals surface area (Å²) in [5.41, 5.74) is 3.28. The van der Waals surface area contributed by atoms with E-state index in [-0.39, 0.29) is 16.7 Å². The third-order valence-corrected chi connectivity index (χ3v) is 6.05. The van der Waals surface area contributed by atoms with Crippen molar-refractivity contribution >= 4 is 23.2 Å². The molecule has 0 radical (unpaired) electrons. The Labute approximate surface area is 116 Å². The molecule has 5 rings (SSSR count). The lowest BCUT2D eigenvalue weighted by molar-refractivity contribution is 0.129. The molecule has 0 spiro atoms. The van der Waals surface area contributed by atoms with Crippen LogP contribution in [0.15, 0.2) is 30.4 Å². The summed E-state index contributed by atoms with van der Waals surface area (Å²) in [6.45, 7) is 0. The van der Waals surface area contributed by atoms with Crippen molar-refractivity contribution in [3.05, 3.63) is 47.0 Å². The molecule has 18 heavy (non-hydrogen) atoms. The highest BCUT2D eigenvalue weighted by Crippen LogP contribution is 2.63. The highest BCUT2D eigenvalue weighted by molar-refractivity contribution is 6.31.